The molecule has 2 aromatic rings. The normalized spacial score (nSPS) is 10.2. The van der Waals surface area contributed by atoms with E-state index in [4.69, 9.17) is 4.74 Å². The van der Waals surface area contributed by atoms with E-state index in [1.54, 1.807) is 13.2 Å². The summed E-state index contributed by atoms with van der Waals surface area (Å²) >= 11 is 1.37. The van der Waals surface area contributed by atoms with Gasteiger partial charge in [0.1, 0.15) is 5.75 Å². The summed E-state index contributed by atoms with van der Waals surface area (Å²) in [6.45, 7) is 1.32. The van der Waals surface area contributed by atoms with E-state index in [0.717, 1.165) is 10.6 Å². The summed E-state index contributed by atoms with van der Waals surface area (Å²) in [6.07, 6.45) is 0. The van der Waals surface area contributed by atoms with Crippen LogP contribution in [0.5, 0.6) is 5.75 Å². The van der Waals surface area contributed by atoms with E-state index in [2.05, 4.69) is 0 Å². The maximum absolute atomic E-state index is 11.4. The zero-order valence-electron chi connectivity index (χ0n) is 11.5. The number of hydrogen-bond acceptors (Lipinski definition) is 5. The summed E-state index contributed by atoms with van der Waals surface area (Å²) < 4.78 is 5.14. The minimum Gasteiger partial charge on any atom is -0.497 e. The third kappa shape index (κ3) is 3.61. The summed E-state index contributed by atoms with van der Waals surface area (Å²) in [5.41, 5.74) is -0.0506. The maximum atomic E-state index is 11.4. The van der Waals surface area contributed by atoms with E-state index in [9.17, 15) is 14.9 Å². The number of nitro benzene ring substituents is 1. The number of rotatable bonds is 5. The zero-order chi connectivity index (χ0) is 15.4. The molecule has 0 saturated carbocycles. The van der Waals surface area contributed by atoms with Gasteiger partial charge in [-0.1, -0.05) is 17.8 Å². The summed E-state index contributed by atoms with van der Waals surface area (Å²) in [5, 5.41) is 11.1. The summed E-state index contributed by atoms with van der Waals surface area (Å²) in [6, 6.07) is 12.0. The fourth-order valence-corrected chi connectivity index (χ4v) is 2.72. The lowest BCUT2D eigenvalue weighted by molar-refractivity contribution is -0.385. The van der Waals surface area contributed by atoms with Crippen molar-refractivity contribution in [1.82, 2.24) is 0 Å². The number of benzene rings is 2. The van der Waals surface area contributed by atoms with Gasteiger partial charge >= 0.3 is 0 Å². The van der Waals surface area contributed by atoms with Gasteiger partial charge in [0.25, 0.3) is 5.69 Å². The van der Waals surface area contributed by atoms with Crippen molar-refractivity contribution in [3.05, 3.63) is 58.1 Å². The van der Waals surface area contributed by atoms with Gasteiger partial charge in [-0.15, -0.1) is 0 Å². The molecule has 21 heavy (non-hydrogen) atoms. The van der Waals surface area contributed by atoms with E-state index in [0.29, 0.717) is 4.90 Å². The predicted octanol–water partition coefficient (Wildman–Crippen LogP) is 3.96. The van der Waals surface area contributed by atoms with Crippen LogP contribution < -0.4 is 4.74 Å². The summed E-state index contributed by atoms with van der Waals surface area (Å²) in [4.78, 5) is 23.5. The molecule has 0 N–H and O–H groups in total. The molecule has 0 aromatic heterocycles. The fourth-order valence-electron chi connectivity index (χ4n) is 1.82. The first-order chi connectivity index (χ1) is 10.0. The SMILES string of the molecule is COc1cccc(Sc2ccc(C(C)=O)c([N+](=O)[O-])c2)c1. The Morgan fingerprint density at radius 1 is 1.19 bits per heavy atom. The molecule has 2 aromatic carbocycles. The van der Waals surface area contributed by atoms with E-state index >= 15 is 0 Å². The van der Waals surface area contributed by atoms with Gasteiger partial charge in [0.2, 0.25) is 0 Å². The molecule has 0 atom stereocenters. The van der Waals surface area contributed by atoms with E-state index < -0.39 is 4.92 Å². The van der Waals surface area contributed by atoms with Crippen LogP contribution in [0.3, 0.4) is 0 Å². The molecule has 0 fully saturated rings. The van der Waals surface area contributed by atoms with Gasteiger partial charge in [0.15, 0.2) is 5.78 Å². The minimum atomic E-state index is -0.535. The van der Waals surface area contributed by atoms with Gasteiger partial charge < -0.3 is 4.74 Å². The molecule has 5 nitrogen and oxygen atoms in total. The van der Waals surface area contributed by atoms with Crippen LogP contribution in [0.1, 0.15) is 17.3 Å². The average molecular weight is 303 g/mol. The van der Waals surface area contributed by atoms with Crippen LogP contribution in [-0.2, 0) is 0 Å². The Bertz CT molecular complexity index is 700. The molecular weight excluding hydrogens is 290 g/mol. The first-order valence-electron chi connectivity index (χ1n) is 6.12. The van der Waals surface area contributed by atoms with Crippen molar-refractivity contribution in [2.24, 2.45) is 0 Å². The predicted molar refractivity (Wildman–Crippen MR) is 80.2 cm³/mol. The highest BCUT2D eigenvalue weighted by Crippen LogP contribution is 2.33. The Hall–Kier alpha value is -2.34. The second kappa shape index (κ2) is 6.41. The van der Waals surface area contributed by atoms with E-state index in [-0.39, 0.29) is 17.0 Å². The third-order valence-electron chi connectivity index (χ3n) is 2.82. The Kier molecular flexibility index (Phi) is 4.59. The first kappa shape index (κ1) is 15.1. The largest absolute Gasteiger partial charge is 0.497 e. The lowest BCUT2D eigenvalue weighted by Crippen LogP contribution is -2.00. The first-order valence-corrected chi connectivity index (χ1v) is 6.94. The highest BCUT2D eigenvalue weighted by Gasteiger charge is 2.18. The second-order valence-electron chi connectivity index (χ2n) is 4.27. The molecule has 0 heterocycles. The van der Waals surface area contributed by atoms with Gasteiger partial charge in [0, 0.05) is 15.9 Å². The second-order valence-corrected chi connectivity index (χ2v) is 5.42. The van der Waals surface area contributed by atoms with Crippen LogP contribution in [0.2, 0.25) is 0 Å². The smallest absolute Gasteiger partial charge is 0.281 e. The third-order valence-corrected chi connectivity index (χ3v) is 3.80. The summed E-state index contributed by atoms with van der Waals surface area (Å²) in [7, 11) is 1.58. The number of methoxy groups -OCH3 is 1. The Labute approximate surface area is 126 Å². The average Bonchev–Trinajstić information content (AvgIpc) is 2.47. The molecule has 0 radical (unpaired) electrons. The highest BCUT2D eigenvalue weighted by atomic mass is 32.2. The standard InChI is InChI=1S/C15H13NO4S/c1-10(17)14-7-6-13(9-15(14)16(18)19)21-12-5-3-4-11(8-12)20-2/h3-9H,1-2H3. The van der Waals surface area contributed by atoms with Crippen molar-refractivity contribution < 1.29 is 14.5 Å². The summed E-state index contributed by atoms with van der Waals surface area (Å²) in [5.74, 6) is 0.398. The number of nitrogens with zero attached hydrogens (tertiary/aromatic N) is 1. The number of hydrogen-bond donors (Lipinski definition) is 0. The van der Waals surface area contributed by atoms with Crippen LogP contribution in [0.25, 0.3) is 0 Å². The van der Waals surface area contributed by atoms with Gasteiger partial charge in [-0.25, -0.2) is 0 Å². The molecule has 0 amide bonds. The molecule has 2 rings (SSSR count). The van der Waals surface area contributed by atoms with Crippen LogP contribution in [0, 0.1) is 10.1 Å². The molecule has 0 aliphatic heterocycles. The molecule has 108 valence electrons. The Morgan fingerprint density at radius 3 is 2.52 bits per heavy atom. The molecule has 0 aliphatic carbocycles. The topological polar surface area (TPSA) is 69.4 Å². The molecule has 0 bridgehead atoms. The van der Waals surface area contributed by atoms with Crippen molar-refractivity contribution in [3.8, 4) is 5.75 Å². The number of ketones is 1. The van der Waals surface area contributed by atoms with Gasteiger partial charge in [-0.2, -0.15) is 0 Å². The maximum Gasteiger partial charge on any atom is 0.281 e. The number of ether oxygens (including phenoxy) is 1. The Morgan fingerprint density at radius 2 is 1.90 bits per heavy atom. The van der Waals surface area contributed by atoms with Gasteiger partial charge in [-0.05, 0) is 37.3 Å². The van der Waals surface area contributed by atoms with Crippen molar-refractivity contribution in [2.75, 3.05) is 7.11 Å². The van der Waals surface area contributed by atoms with Gasteiger partial charge in [0.05, 0.1) is 17.6 Å². The quantitative estimate of drug-likeness (QED) is 0.475. The van der Waals surface area contributed by atoms with Crippen molar-refractivity contribution in [2.45, 2.75) is 16.7 Å². The minimum absolute atomic E-state index is 0.120. The monoisotopic (exact) mass is 303 g/mol. The van der Waals surface area contributed by atoms with Crippen molar-refractivity contribution in [3.63, 3.8) is 0 Å². The zero-order valence-corrected chi connectivity index (χ0v) is 12.3. The van der Waals surface area contributed by atoms with Crippen molar-refractivity contribution >= 4 is 23.2 Å². The van der Waals surface area contributed by atoms with E-state index in [1.807, 2.05) is 24.3 Å². The molecule has 0 saturated heterocycles. The molecular formula is C15H13NO4S. The van der Waals surface area contributed by atoms with Crippen LogP contribution in [0.4, 0.5) is 5.69 Å². The van der Waals surface area contributed by atoms with Crippen LogP contribution >= 0.6 is 11.8 Å². The molecule has 6 heteroatoms. The Balaban J connectivity index is 2.34. The van der Waals surface area contributed by atoms with E-state index in [1.165, 1.54) is 30.8 Å². The lowest BCUT2D eigenvalue weighted by atomic mass is 10.1. The lowest BCUT2D eigenvalue weighted by Gasteiger charge is -2.05. The number of Topliss-reactive ketones (excluding diaryl/α,β-unsaturated/α-hetero) is 1. The fraction of sp³-hybridized carbons (Fsp3) is 0.133. The molecule has 0 unspecified atom stereocenters. The van der Waals surface area contributed by atoms with Crippen LogP contribution in [-0.4, -0.2) is 17.8 Å². The van der Waals surface area contributed by atoms with Crippen molar-refractivity contribution in [1.29, 1.82) is 0 Å². The number of carbonyl (C=O) groups excluding carboxylic acids is 1. The number of carbonyl (C=O) groups is 1. The van der Waals surface area contributed by atoms with Gasteiger partial charge in [-0.3, -0.25) is 14.9 Å². The number of nitro groups is 1. The molecule has 0 spiro atoms. The highest BCUT2D eigenvalue weighted by molar-refractivity contribution is 7.99. The van der Waals surface area contributed by atoms with Crippen LogP contribution in [0.15, 0.2) is 52.3 Å². The molecule has 0 aliphatic rings.